The van der Waals surface area contributed by atoms with E-state index in [1.165, 1.54) is 11.9 Å². The van der Waals surface area contributed by atoms with Crippen LogP contribution in [0.5, 0.6) is 0 Å². The van der Waals surface area contributed by atoms with Crippen molar-refractivity contribution in [2.75, 3.05) is 35.6 Å². The van der Waals surface area contributed by atoms with Crippen molar-refractivity contribution in [2.45, 2.75) is 19.3 Å². The zero-order chi connectivity index (χ0) is 17.9. The van der Waals surface area contributed by atoms with Gasteiger partial charge in [0, 0.05) is 19.6 Å². The second kappa shape index (κ2) is 9.74. The van der Waals surface area contributed by atoms with Crippen LogP contribution < -0.4 is 16.0 Å². The smallest absolute Gasteiger partial charge is 0.157 e. The van der Waals surface area contributed by atoms with E-state index in [4.69, 9.17) is 16.3 Å². The van der Waals surface area contributed by atoms with Crippen LogP contribution in [-0.4, -0.2) is 29.6 Å². The molecule has 0 atom stereocenters. The van der Waals surface area contributed by atoms with Crippen LogP contribution in [0.15, 0.2) is 36.7 Å². The first-order chi connectivity index (χ1) is 12.3. The van der Waals surface area contributed by atoms with Gasteiger partial charge in [-0.3, -0.25) is 0 Å². The third kappa shape index (κ3) is 5.36. The highest BCUT2D eigenvalue weighted by Crippen LogP contribution is 2.26. The van der Waals surface area contributed by atoms with Crippen molar-refractivity contribution < 1.29 is 0 Å². The zero-order valence-electron chi connectivity index (χ0n) is 14.0. The number of hydrogen-bond donors (Lipinski definition) is 2. The van der Waals surface area contributed by atoms with Crippen LogP contribution in [0.3, 0.4) is 0 Å². The van der Waals surface area contributed by atoms with E-state index in [1.807, 2.05) is 23.1 Å². The Morgan fingerprint density at radius 1 is 1.04 bits per heavy atom. The maximum absolute atomic E-state index is 8.82. The highest BCUT2D eigenvalue weighted by Gasteiger charge is 2.14. The summed E-state index contributed by atoms with van der Waals surface area (Å²) in [5.41, 5.74) is 7.88. The van der Waals surface area contributed by atoms with E-state index in [9.17, 15) is 0 Å². The van der Waals surface area contributed by atoms with Crippen molar-refractivity contribution in [3.05, 3.63) is 42.2 Å². The van der Waals surface area contributed by atoms with E-state index >= 15 is 0 Å². The summed E-state index contributed by atoms with van der Waals surface area (Å²) in [4.78, 5) is 10.3. The third-order valence-electron chi connectivity index (χ3n) is 3.70. The molecule has 0 saturated carbocycles. The molecule has 0 aliphatic rings. The monoisotopic (exact) mass is 335 g/mol. The summed E-state index contributed by atoms with van der Waals surface area (Å²) in [6.07, 6.45) is 2.98. The van der Waals surface area contributed by atoms with Crippen LogP contribution >= 0.6 is 0 Å². The molecule has 7 heteroatoms. The van der Waals surface area contributed by atoms with Gasteiger partial charge >= 0.3 is 0 Å². The van der Waals surface area contributed by atoms with Crippen molar-refractivity contribution in [1.29, 1.82) is 10.5 Å². The van der Waals surface area contributed by atoms with Gasteiger partial charge in [-0.15, -0.1) is 0 Å². The molecule has 0 aliphatic carbocycles. The normalized spacial score (nSPS) is 9.84. The van der Waals surface area contributed by atoms with E-state index in [-0.39, 0.29) is 0 Å². The van der Waals surface area contributed by atoms with Crippen molar-refractivity contribution in [2.24, 2.45) is 0 Å². The lowest BCUT2D eigenvalue weighted by molar-refractivity contribution is 0.781. The Morgan fingerprint density at radius 2 is 1.72 bits per heavy atom. The van der Waals surface area contributed by atoms with Crippen molar-refractivity contribution in [3.63, 3.8) is 0 Å². The van der Waals surface area contributed by atoms with Gasteiger partial charge in [-0.05, 0) is 12.0 Å². The van der Waals surface area contributed by atoms with Crippen LogP contribution in [0.2, 0.25) is 0 Å². The lowest BCUT2D eigenvalue weighted by Crippen LogP contribution is -2.27. The number of hydrogen-bond acceptors (Lipinski definition) is 7. The van der Waals surface area contributed by atoms with Crippen LogP contribution in [0.25, 0.3) is 0 Å². The van der Waals surface area contributed by atoms with Crippen molar-refractivity contribution in [1.82, 2.24) is 9.97 Å². The van der Waals surface area contributed by atoms with Crippen LogP contribution in [0, 0.1) is 22.7 Å². The number of nitrogens with one attached hydrogen (secondary N) is 1. The maximum atomic E-state index is 8.82. The molecule has 0 spiro atoms. The molecule has 25 heavy (non-hydrogen) atoms. The summed E-state index contributed by atoms with van der Waals surface area (Å²) < 4.78 is 0. The standard InChI is InChI=1S/C18H21N7/c19-9-4-12-25(13-5-10-20)18-16(21)17(23-14-24-18)22-11-8-15-6-2-1-3-7-15/h1-3,6-7,14H,4-5,8,11-13,21H2,(H,22,23,24). The molecule has 1 aromatic heterocycles. The van der Waals surface area contributed by atoms with Crippen molar-refractivity contribution >= 4 is 17.3 Å². The van der Waals surface area contributed by atoms with Gasteiger partial charge in [0.05, 0.1) is 25.0 Å². The molecular weight excluding hydrogens is 314 g/mol. The summed E-state index contributed by atoms with van der Waals surface area (Å²) in [5.74, 6) is 1.13. The molecule has 7 nitrogen and oxygen atoms in total. The average Bonchev–Trinajstić information content (AvgIpc) is 2.65. The van der Waals surface area contributed by atoms with E-state index in [0.717, 1.165) is 6.42 Å². The minimum absolute atomic E-state index is 0.339. The number of nitriles is 2. The predicted octanol–water partition coefficient (Wildman–Crippen LogP) is 2.35. The van der Waals surface area contributed by atoms with Gasteiger partial charge in [-0.25, -0.2) is 9.97 Å². The third-order valence-corrected chi connectivity index (χ3v) is 3.70. The van der Waals surface area contributed by atoms with Gasteiger partial charge < -0.3 is 16.0 Å². The molecule has 0 radical (unpaired) electrons. The molecule has 0 bridgehead atoms. The molecule has 128 valence electrons. The molecule has 0 unspecified atom stereocenters. The molecule has 0 amide bonds. The molecule has 0 saturated heterocycles. The summed E-state index contributed by atoms with van der Waals surface area (Å²) in [6.45, 7) is 1.65. The van der Waals surface area contributed by atoms with E-state index < -0.39 is 0 Å². The largest absolute Gasteiger partial charge is 0.393 e. The Morgan fingerprint density at radius 3 is 2.36 bits per heavy atom. The Labute approximate surface area is 147 Å². The first-order valence-corrected chi connectivity index (χ1v) is 8.13. The van der Waals surface area contributed by atoms with Crippen molar-refractivity contribution in [3.8, 4) is 12.1 Å². The topological polar surface area (TPSA) is 115 Å². The molecule has 3 N–H and O–H groups in total. The number of nitrogen functional groups attached to an aromatic ring is 1. The second-order valence-electron chi connectivity index (χ2n) is 5.43. The number of nitrogens with two attached hydrogens (primary N) is 1. The van der Waals surface area contributed by atoms with Crippen LogP contribution in [0.4, 0.5) is 17.3 Å². The molecule has 0 fully saturated rings. The Balaban J connectivity index is 2.06. The van der Waals surface area contributed by atoms with Crippen LogP contribution in [0.1, 0.15) is 18.4 Å². The van der Waals surface area contributed by atoms with Gasteiger partial charge in [-0.1, -0.05) is 30.3 Å². The van der Waals surface area contributed by atoms with Gasteiger partial charge in [-0.2, -0.15) is 10.5 Å². The van der Waals surface area contributed by atoms with Gasteiger partial charge in [0.25, 0.3) is 0 Å². The molecule has 2 rings (SSSR count). The fourth-order valence-corrected chi connectivity index (χ4v) is 2.44. The molecule has 1 heterocycles. The van der Waals surface area contributed by atoms with Gasteiger partial charge in [0.2, 0.25) is 0 Å². The lowest BCUT2D eigenvalue weighted by Gasteiger charge is -2.23. The number of nitrogens with zero attached hydrogens (tertiary/aromatic N) is 5. The first-order valence-electron chi connectivity index (χ1n) is 8.13. The molecule has 0 aliphatic heterocycles. The lowest BCUT2D eigenvalue weighted by atomic mass is 10.1. The molecule has 2 aromatic rings. The summed E-state index contributed by atoms with van der Waals surface area (Å²) in [7, 11) is 0. The average molecular weight is 335 g/mol. The quantitative estimate of drug-likeness (QED) is 0.722. The Bertz CT molecular complexity index is 728. The minimum atomic E-state index is 0.339. The van der Waals surface area contributed by atoms with Gasteiger partial charge in [0.1, 0.15) is 12.0 Å². The molecular formula is C18H21N7. The number of aromatic nitrogens is 2. The van der Waals surface area contributed by atoms with Crippen LogP contribution in [-0.2, 0) is 6.42 Å². The number of anilines is 3. The Hall–Kier alpha value is -3.32. The fourth-order valence-electron chi connectivity index (χ4n) is 2.44. The summed E-state index contributed by atoms with van der Waals surface area (Å²) >= 11 is 0. The van der Waals surface area contributed by atoms with E-state index in [0.29, 0.717) is 49.8 Å². The van der Waals surface area contributed by atoms with Gasteiger partial charge in [0.15, 0.2) is 11.6 Å². The highest BCUT2D eigenvalue weighted by atomic mass is 15.2. The second-order valence-corrected chi connectivity index (χ2v) is 5.43. The number of rotatable bonds is 9. The SMILES string of the molecule is N#CCCN(CCC#N)c1ncnc(NCCc2ccccc2)c1N. The molecule has 1 aromatic carbocycles. The maximum Gasteiger partial charge on any atom is 0.157 e. The Kier molecular flexibility index (Phi) is 7.02. The zero-order valence-corrected chi connectivity index (χ0v) is 14.0. The van der Waals surface area contributed by atoms with E-state index in [1.54, 1.807) is 0 Å². The summed E-state index contributed by atoms with van der Waals surface area (Å²) in [5, 5.41) is 20.9. The van der Waals surface area contributed by atoms with E-state index in [2.05, 4.69) is 39.6 Å². The minimum Gasteiger partial charge on any atom is -0.393 e. The summed E-state index contributed by atoms with van der Waals surface area (Å²) in [6, 6.07) is 14.4. The highest BCUT2D eigenvalue weighted by molar-refractivity contribution is 5.74. The number of benzene rings is 1. The predicted molar refractivity (Wildman–Crippen MR) is 97.8 cm³/mol. The first kappa shape index (κ1) is 18.0. The fraction of sp³-hybridized carbons (Fsp3) is 0.333.